The molecule has 0 aromatic heterocycles. The Kier molecular flexibility index (Phi) is 7.93. The molecule has 0 saturated carbocycles. The Morgan fingerprint density at radius 1 is 1.17 bits per heavy atom. The number of hydrogen-bond acceptors (Lipinski definition) is 3. The van der Waals surface area contributed by atoms with E-state index in [1.54, 1.807) is 7.11 Å². The van der Waals surface area contributed by atoms with Crippen molar-refractivity contribution in [1.82, 2.24) is 5.32 Å². The van der Waals surface area contributed by atoms with Crippen molar-refractivity contribution in [3.63, 3.8) is 0 Å². The SMILES string of the molecule is C/C=C/c1ccccc1OCCCNCCOC. The van der Waals surface area contributed by atoms with E-state index in [0.717, 1.165) is 44.0 Å². The van der Waals surface area contributed by atoms with Gasteiger partial charge in [-0.3, -0.25) is 0 Å². The van der Waals surface area contributed by atoms with Crippen LogP contribution in [0.4, 0.5) is 0 Å². The summed E-state index contributed by atoms with van der Waals surface area (Å²) in [5.74, 6) is 0.951. The highest BCUT2D eigenvalue weighted by Gasteiger charge is 1.98. The van der Waals surface area contributed by atoms with E-state index in [-0.39, 0.29) is 0 Å². The molecule has 1 rings (SSSR count). The van der Waals surface area contributed by atoms with E-state index in [9.17, 15) is 0 Å². The molecule has 0 amide bonds. The minimum Gasteiger partial charge on any atom is -0.493 e. The number of nitrogens with one attached hydrogen (secondary N) is 1. The zero-order chi connectivity index (χ0) is 13.1. The van der Waals surface area contributed by atoms with Crippen molar-refractivity contribution in [2.45, 2.75) is 13.3 Å². The molecule has 0 radical (unpaired) electrons. The molecule has 3 nitrogen and oxygen atoms in total. The lowest BCUT2D eigenvalue weighted by Crippen LogP contribution is -2.21. The summed E-state index contributed by atoms with van der Waals surface area (Å²) in [7, 11) is 1.71. The summed E-state index contributed by atoms with van der Waals surface area (Å²) < 4.78 is 10.7. The molecule has 3 heteroatoms. The molecule has 0 atom stereocenters. The van der Waals surface area contributed by atoms with Crippen LogP contribution in [0.2, 0.25) is 0 Å². The van der Waals surface area contributed by atoms with Crippen LogP contribution in [0, 0.1) is 0 Å². The van der Waals surface area contributed by atoms with Gasteiger partial charge in [-0.05, 0) is 26.0 Å². The summed E-state index contributed by atoms with van der Waals surface area (Å²) in [5, 5.41) is 3.29. The van der Waals surface area contributed by atoms with Gasteiger partial charge in [0.1, 0.15) is 5.75 Å². The van der Waals surface area contributed by atoms with E-state index < -0.39 is 0 Å². The average Bonchev–Trinajstić information content (AvgIpc) is 2.40. The first-order valence-electron chi connectivity index (χ1n) is 6.42. The van der Waals surface area contributed by atoms with Gasteiger partial charge in [0, 0.05) is 19.2 Å². The number of hydrogen-bond donors (Lipinski definition) is 1. The largest absolute Gasteiger partial charge is 0.493 e. The topological polar surface area (TPSA) is 30.5 Å². The highest BCUT2D eigenvalue weighted by Crippen LogP contribution is 2.19. The molecule has 1 aromatic carbocycles. The van der Waals surface area contributed by atoms with Gasteiger partial charge in [-0.1, -0.05) is 30.4 Å². The Morgan fingerprint density at radius 3 is 2.78 bits per heavy atom. The number of para-hydroxylation sites is 1. The second kappa shape index (κ2) is 9.68. The first-order chi connectivity index (χ1) is 8.88. The highest BCUT2D eigenvalue weighted by molar-refractivity contribution is 5.56. The maximum atomic E-state index is 5.77. The molecule has 1 N–H and O–H groups in total. The van der Waals surface area contributed by atoms with Crippen molar-refractivity contribution >= 4 is 6.08 Å². The monoisotopic (exact) mass is 249 g/mol. The zero-order valence-corrected chi connectivity index (χ0v) is 11.3. The fourth-order valence-corrected chi connectivity index (χ4v) is 1.61. The molecule has 0 spiro atoms. The third kappa shape index (κ3) is 5.84. The lowest BCUT2D eigenvalue weighted by atomic mass is 10.2. The quantitative estimate of drug-likeness (QED) is 0.683. The molecular weight excluding hydrogens is 226 g/mol. The average molecular weight is 249 g/mol. The van der Waals surface area contributed by atoms with Crippen LogP contribution in [0.15, 0.2) is 30.3 Å². The van der Waals surface area contributed by atoms with E-state index in [4.69, 9.17) is 9.47 Å². The van der Waals surface area contributed by atoms with Crippen LogP contribution in [0.5, 0.6) is 5.75 Å². The van der Waals surface area contributed by atoms with Gasteiger partial charge in [0.2, 0.25) is 0 Å². The molecule has 1 aromatic rings. The molecule has 0 unspecified atom stereocenters. The normalized spacial score (nSPS) is 11.0. The molecule has 0 aliphatic rings. The Labute approximate surface area is 110 Å². The fourth-order valence-electron chi connectivity index (χ4n) is 1.61. The summed E-state index contributed by atoms with van der Waals surface area (Å²) in [6.07, 6.45) is 5.08. The molecule has 18 heavy (non-hydrogen) atoms. The van der Waals surface area contributed by atoms with Crippen LogP contribution < -0.4 is 10.1 Å². The second-order valence-electron chi connectivity index (χ2n) is 3.98. The maximum Gasteiger partial charge on any atom is 0.126 e. The number of benzene rings is 1. The summed E-state index contributed by atoms with van der Waals surface area (Å²) in [5.41, 5.74) is 1.13. The van der Waals surface area contributed by atoms with Gasteiger partial charge in [-0.25, -0.2) is 0 Å². The maximum absolute atomic E-state index is 5.77. The van der Waals surface area contributed by atoms with Gasteiger partial charge in [0.15, 0.2) is 0 Å². The van der Waals surface area contributed by atoms with E-state index in [0.29, 0.717) is 0 Å². The van der Waals surface area contributed by atoms with E-state index in [1.165, 1.54) is 0 Å². The van der Waals surface area contributed by atoms with Crippen molar-refractivity contribution in [3.8, 4) is 5.75 Å². The van der Waals surface area contributed by atoms with Crippen molar-refractivity contribution < 1.29 is 9.47 Å². The van der Waals surface area contributed by atoms with Gasteiger partial charge in [-0.2, -0.15) is 0 Å². The minimum atomic E-state index is 0.731. The Balaban J connectivity index is 2.22. The molecule has 0 heterocycles. The molecule has 100 valence electrons. The third-order valence-corrected chi connectivity index (χ3v) is 2.50. The van der Waals surface area contributed by atoms with Crippen molar-refractivity contribution in [2.75, 3.05) is 33.4 Å². The molecule has 0 aliphatic heterocycles. The fraction of sp³-hybridized carbons (Fsp3) is 0.467. The predicted octanol–water partition coefficient (Wildman–Crippen LogP) is 2.72. The smallest absolute Gasteiger partial charge is 0.126 e. The van der Waals surface area contributed by atoms with Crippen LogP contribution in [-0.2, 0) is 4.74 Å². The minimum absolute atomic E-state index is 0.731. The standard InChI is InChI=1S/C15H23NO2/c1-3-7-14-8-4-5-9-15(14)18-12-6-10-16-11-13-17-2/h3-5,7-9,16H,6,10-13H2,1-2H3/b7-3+. The lowest BCUT2D eigenvalue weighted by molar-refractivity contribution is 0.198. The number of ether oxygens (including phenoxy) is 2. The molecule has 0 saturated heterocycles. The highest BCUT2D eigenvalue weighted by atomic mass is 16.5. The van der Waals surface area contributed by atoms with Crippen LogP contribution in [-0.4, -0.2) is 33.4 Å². The second-order valence-corrected chi connectivity index (χ2v) is 3.98. The van der Waals surface area contributed by atoms with Gasteiger partial charge >= 0.3 is 0 Å². The van der Waals surface area contributed by atoms with Gasteiger partial charge in [0.25, 0.3) is 0 Å². The van der Waals surface area contributed by atoms with Gasteiger partial charge in [0.05, 0.1) is 13.2 Å². The van der Waals surface area contributed by atoms with Crippen LogP contribution in [0.3, 0.4) is 0 Å². The summed E-state index contributed by atoms with van der Waals surface area (Å²) in [6, 6.07) is 8.09. The van der Waals surface area contributed by atoms with E-state index in [2.05, 4.69) is 17.5 Å². The summed E-state index contributed by atoms with van der Waals surface area (Å²) in [6.45, 7) is 5.34. The number of methoxy groups -OCH3 is 1. The van der Waals surface area contributed by atoms with Gasteiger partial charge < -0.3 is 14.8 Å². The van der Waals surface area contributed by atoms with Crippen LogP contribution >= 0.6 is 0 Å². The predicted molar refractivity (Wildman–Crippen MR) is 76.0 cm³/mol. The molecule has 0 bridgehead atoms. The first-order valence-corrected chi connectivity index (χ1v) is 6.42. The molecular formula is C15H23NO2. The van der Waals surface area contributed by atoms with Crippen LogP contribution in [0.1, 0.15) is 18.9 Å². The Hall–Kier alpha value is -1.32. The summed E-state index contributed by atoms with van der Waals surface area (Å²) >= 11 is 0. The van der Waals surface area contributed by atoms with Crippen molar-refractivity contribution in [3.05, 3.63) is 35.9 Å². The van der Waals surface area contributed by atoms with E-state index >= 15 is 0 Å². The number of rotatable bonds is 9. The molecule has 0 aliphatic carbocycles. The Morgan fingerprint density at radius 2 is 2.00 bits per heavy atom. The first kappa shape index (κ1) is 14.7. The zero-order valence-electron chi connectivity index (χ0n) is 11.3. The summed E-state index contributed by atoms with van der Waals surface area (Å²) in [4.78, 5) is 0. The van der Waals surface area contributed by atoms with Crippen molar-refractivity contribution in [1.29, 1.82) is 0 Å². The number of allylic oxidation sites excluding steroid dienone is 1. The lowest BCUT2D eigenvalue weighted by Gasteiger charge is -2.09. The van der Waals surface area contributed by atoms with Crippen LogP contribution in [0.25, 0.3) is 6.08 Å². The van der Waals surface area contributed by atoms with Gasteiger partial charge in [-0.15, -0.1) is 0 Å². The third-order valence-electron chi connectivity index (χ3n) is 2.50. The molecule has 0 fully saturated rings. The Bertz CT molecular complexity index is 350. The van der Waals surface area contributed by atoms with E-state index in [1.807, 2.05) is 31.2 Å². The van der Waals surface area contributed by atoms with Crippen molar-refractivity contribution in [2.24, 2.45) is 0 Å².